The average molecular weight is 523 g/mol. The number of methoxy groups -OCH3 is 1. The summed E-state index contributed by atoms with van der Waals surface area (Å²) < 4.78 is 17.0. The number of carbonyl (C=O) groups is 1. The van der Waals surface area contributed by atoms with Crippen LogP contribution in [0.1, 0.15) is 25.0 Å². The van der Waals surface area contributed by atoms with Crippen LogP contribution in [0, 0.1) is 0 Å². The van der Waals surface area contributed by atoms with Crippen molar-refractivity contribution in [2.24, 2.45) is 4.99 Å². The van der Waals surface area contributed by atoms with Crippen molar-refractivity contribution < 1.29 is 19.0 Å². The minimum Gasteiger partial charge on any atom is -0.497 e. The Balaban J connectivity index is 1.56. The molecule has 0 spiro atoms. The summed E-state index contributed by atoms with van der Waals surface area (Å²) >= 11 is 7.61. The molecule has 0 radical (unpaired) electrons. The Hall–Kier alpha value is -3.42. The molecule has 8 heteroatoms. The van der Waals surface area contributed by atoms with Crippen molar-refractivity contribution in [2.75, 3.05) is 20.3 Å². The van der Waals surface area contributed by atoms with Crippen molar-refractivity contribution in [3.8, 4) is 17.2 Å². The van der Waals surface area contributed by atoms with Crippen LogP contribution in [0.3, 0.4) is 0 Å². The van der Waals surface area contributed by atoms with Gasteiger partial charge in [-0.2, -0.15) is 0 Å². The van der Waals surface area contributed by atoms with Gasteiger partial charge in [0.15, 0.2) is 16.7 Å². The fourth-order valence-corrected chi connectivity index (χ4v) is 4.81. The molecule has 0 N–H and O–H groups in total. The van der Waals surface area contributed by atoms with Crippen molar-refractivity contribution in [3.63, 3.8) is 0 Å². The van der Waals surface area contributed by atoms with Crippen LogP contribution in [-0.2, 0) is 11.4 Å². The van der Waals surface area contributed by atoms with Gasteiger partial charge in [0, 0.05) is 17.1 Å². The molecule has 0 aliphatic carbocycles. The molecule has 1 aliphatic rings. The summed E-state index contributed by atoms with van der Waals surface area (Å²) in [6, 6.07) is 20.6. The van der Waals surface area contributed by atoms with Crippen LogP contribution in [0.15, 0.2) is 76.6 Å². The Labute approximate surface area is 220 Å². The third-order valence-corrected chi connectivity index (χ3v) is 6.78. The zero-order valence-corrected chi connectivity index (χ0v) is 21.9. The molecule has 36 heavy (non-hydrogen) atoms. The lowest BCUT2D eigenvalue weighted by atomic mass is 10.1. The van der Waals surface area contributed by atoms with Gasteiger partial charge in [-0.3, -0.25) is 9.69 Å². The third kappa shape index (κ3) is 6.04. The standard InChI is InChI=1S/C28H27ClN2O4S/c1-4-31-27(32)26(36-28(31)30-21-11-13-22(33-3)14-12-21)17-19-10-15-24(25(16-19)34-5-2)35-18-20-8-6-7-9-23(20)29/h6-17H,4-5,18H2,1-3H3/b26-17+,30-28?. The number of aliphatic imine (C=N–C) groups is 1. The van der Waals surface area contributed by atoms with Crippen LogP contribution >= 0.6 is 23.4 Å². The van der Waals surface area contributed by atoms with Gasteiger partial charge in [0.05, 0.1) is 24.3 Å². The Kier molecular flexibility index (Phi) is 8.57. The van der Waals surface area contributed by atoms with E-state index in [0.717, 1.165) is 22.6 Å². The van der Waals surface area contributed by atoms with Gasteiger partial charge in [-0.15, -0.1) is 0 Å². The quantitative estimate of drug-likeness (QED) is 0.284. The minimum absolute atomic E-state index is 0.0771. The molecule has 3 aromatic carbocycles. The van der Waals surface area contributed by atoms with E-state index in [1.807, 2.05) is 86.7 Å². The number of hydrogen-bond acceptors (Lipinski definition) is 6. The highest BCUT2D eigenvalue weighted by atomic mass is 35.5. The van der Waals surface area contributed by atoms with Crippen LogP contribution in [-0.4, -0.2) is 36.2 Å². The fraction of sp³-hybridized carbons (Fsp3) is 0.214. The van der Waals surface area contributed by atoms with Crippen LogP contribution < -0.4 is 14.2 Å². The summed E-state index contributed by atoms with van der Waals surface area (Å²) in [5, 5.41) is 1.30. The largest absolute Gasteiger partial charge is 0.497 e. The molecule has 0 atom stereocenters. The summed E-state index contributed by atoms with van der Waals surface area (Å²) in [4.78, 5) is 20.0. The Morgan fingerprint density at radius 1 is 1.00 bits per heavy atom. The molecule has 0 bridgehead atoms. The lowest BCUT2D eigenvalue weighted by molar-refractivity contribution is -0.122. The number of nitrogens with zero attached hydrogens (tertiary/aromatic N) is 2. The highest BCUT2D eigenvalue weighted by Crippen LogP contribution is 2.36. The highest BCUT2D eigenvalue weighted by molar-refractivity contribution is 8.18. The third-order valence-electron chi connectivity index (χ3n) is 5.41. The number of benzene rings is 3. The van der Waals surface area contributed by atoms with Crippen LogP contribution in [0.4, 0.5) is 5.69 Å². The molecule has 6 nitrogen and oxygen atoms in total. The van der Waals surface area contributed by atoms with Crippen molar-refractivity contribution in [2.45, 2.75) is 20.5 Å². The smallest absolute Gasteiger partial charge is 0.266 e. The number of amidine groups is 1. The summed E-state index contributed by atoms with van der Waals surface area (Å²) in [6.07, 6.45) is 1.85. The van der Waals surface area contributed by atoms with Gasteiger partial charge in [0.1, 0.15) is 12.4 Å². The van der Waals surface area contributed by atoms with Crippen LogP contribution in [0.25, 0.3) is 6.08 Å². The zero-order valence-electron chi connectivity index (χ0n) is 20.4. The molecular weight excluding hydrogens is 496 g/mol. The van der Waals surface area contributed by atoms with Gasteiger partial charge in [-0.25, -0.2) is 4.99 Å². The van der Waals surface area contributed by atoms with Crippen molar-refractivity contribution in [3.05, 3.63) is 87.8 Å². The first-order valence-electron chi connectivity index (χ1n) is 11.6. The van der Waals surface area contributed by atoms with Gasteiger partial charge in [0.25, 0.3) is 5.91 Å². The van der Waals surface area contributed by atoms with E-state index in [2.05, 4.69) is 4.99 Å². The number of likely N-dealkylation sites (N-methyl/N-ethyl adjacent to an activating group) is 1. The van der Waals surface area contributed by atoms with E-state index in [0.29, 0.717) is 46.4 Å². The molecule has 1 fully saturated rings. The second kappa shape index (κ2) is 12.0. The van der Waals surface area contributed by atoms with Crippen LogP contribution in [0.5, 0.6) is 17.2 Å². The molecule has 3 aromatic rings. The molecule has 1 heterocycles. The van der Waals surface area contributed by atoms with Crippen molar-refractivity contribution in [1.82, 2.24) is 4.90 Å². The predicted octanol–water partition coefficient (Wildman–Crippen LogP) is 6.95. The van der Waals surface area contributed by atoms with Gasteiger partial charge in [-0.1, -0.05) is 35.9 Å². The first-order valence-corrected chi connectivity index (χ1v) is 12.8. The maximum atomic E-state index is 13.1. The molecule has 186 valence electrons. The second-order valence-corrected chi connectivity index (χ2v) is 9.19. The summed E-state index contributed by atoms with van der Waals surface area (Å²) in [5.41, 5.74) is 2.48. The number of amides is 1. The Morgan fingerprint density at radius 2 is 1.78 bits per heavy atom. The zero-order chi connectivity index (χ0) is 25.5. The predicted molar refractivity (Wildman–Crippen MR) is 146 cm³/mol. The molecule has 4 rings (SSSR count). The summed E-state index contributed by atoms with van der Waals surface area (Å²) in [6.45, 7) is 5.18. The Bertz CT molecular complexity index is 1290. The van der Waals surface area contributed by atoms with Gasteiger partial charge < -0.3 is 14.2 Å². The average Bonchev–Trinajstić information content (AvgIpc) is 3.18. The normalized spacial score (nSPS) is 15.6. The summed E-state index contributed by atoms with van der Waals surface area (Å²) in [5.74, 6) is 1.90. The molecule has 1 amide bonds. The van der Waals surface area contributed by atoms with Crippen LogP contribution in [0.2, 0.25) is 5.02 Å². The minimum atomic E-state index is -0.0771. The first-order chi connectivity index (χ1) is 17.5. The van der Waals surface area contributed by atoms with Gasteiger partial charge in [0.2, 0.25) is 0 Å². The fourth-order valence-electron chi connectivity index (χ4n) is 3.56. The molecule has 0 unspecified atom stereocenters. The van der Waals surface area contributed by atoms with E-state index in [9.17, 15) is 4.79 Å². The van der Waals surface area contributed by atoms with Gasteiger partial charge >= 0.3 is 0 Å². The molecular formula is C28H27ClN2O4S. The molecule has 1 aliphatic heterocycles. The number of rotatable bonds is 9. The number of halogens is 1. The van der Waals surface area contributed by atoms with E-state index in [1.165, 1.54) is 11.8 Å². The lowest BCUT2D eigenvalue weighted by Crippen LogP contribution is -2.28. The number of thioether (sulfide) groups is 1. The van der Waals surface area contributed by atoms with E-state index in [4.69, 9.17) is 25.8 Å². The molecule has 0 saturated carbocycles. The van der Waals surface area contributed by atoms with Crippen molar-refractivity contribution in [1.29, 1.82) is 0 Å². The maximum Gasteiger partial charge on any atom is 0.266 e. The number of ether oxygens (including phenoxy) is 3. The molecule has 0 aromatic heterocycles. The maximum absolute atomic E-state index is 13.1. The van der Waals surface area contributed by atoms with E-state index >= 15 is 0 Å². The summed E-state index contributed by atoms with van der Waals surface area (Å²) in [7, 11) is 1.62. The van der Waals surface area contributed by atoms with Crippen molar-refractivity contribution >= 4 is 46.2 Å². The first kappa shape index (κ1) is 25.7. The second-order valence-electron chi connectivity index (χ2n) is 7.77. The molecule has 1 saturated heterocycles. The SMILES string of the molecule is CCOc1cc(/C=C2/SC(=Nc3ccc(OC)cc3)N(CC)C2=O)ccc1OCc1ccccc1Cl. The lowest BCUT2D eigenvalue weighted by Gasteiger charge is -2.13. The van der Waals surface area contributed by atoms with Gasteiger partial charge in [-0.05, 0) is 79.7 Å². The monoisotopic (exact) mass is 522 g/mol. The number of hydrogen-bond donors (Lipinski definition) is 0. The van der Waals surface area contributed by atoms with E-state index in [-0.39, 0.29) is 5.91 Å². The van der Waals surface area contributed by atoms with E-state index < -0.39 is 0 Å². The number of carbonyl (C=O) groups excluding carboxylic acids is 1. The Morgan fingerprint density at radius 3 is 2.47 bits per heavy atom. The highest BCUT2D eigenvalue weighted by Gasteiger charge is 2.32. The van der Waals surface area contributed by atoms with E-state index in [1.54, 1.807) is 12.0 Å². The topological polar surface area (TPSA) is 60.4 Å².